The quantitative estimate of drug-likeness (QED) is 0.0632. The van der Waals surface area contributed by atoms with Gasteiger partial charge < -0.3 is 157 Å². The third-order valence-electron chi connectivity index (χ3n) is 28.3. The average molecular weight is 1740 g/mol. The molecule has 0 aromatic heterocycles. The van der Waals surface area contributed by atoms with Gasteiger partial charge in [-0.3, -0.25) is 28.8 Å². The molecule has 38 heteroatoms. The van der Waals surface area contributed by atoms with Gasteiger partial charge in [-0.2, -0.15) is 0 Å². The van der Waals surface area contributed by atoms with E-state index in [1.54, 1.807) is 34.6 Å². The molecule has 0 radical (unpaired) electrons. The van der Waals surface area contributed by atoms with Gasteiger partial charge in [0.2, 0.25) is 23.1 Å². The van der Waals surface area contributed by atoms with Crippen molar-refractivity contribution < 1.29 is 186 Å². The number of ether oxygens (including phenoxy) is 16. The van der Waals surface area contributed by atoms with E-state index in [1.807, 2.05) is 0 Å². The van der Waals surface area contributed by atoms with Crippen LogP contribution in [0.1, 0.15) is 217 Å². The molecule has 7 heterocycles. The van der Waals surface area contributed by atoms with Gasteiger partial charge in [-0.05, 0) is 106 Å². The largest absolute Gasteiger partial charge is 0.507 e. The average Bonchev–Trinajstić information content (AvgIpc) is 1.55. The van der Waals surface area contributed by atoms with E-state index in [0.29, 0.717) is 0 Å². The monoisotopic (exact) mass is 1740 g/mol. The van der Waals surface area contributed by atoms with Crippen LogP contribution in [-0.4, -0.2) is 325 Å². The molecule has 38 nitrogen and oxygen atoms in total. The number of allylic oxidation sites excluding steroid dienone is 2. The Bertz CT molecular complexity index is 4670. The second-order valence-corrected chi connectivity index (χ2v) is 35.2. The lowest BCUT2D eigenvalue weighted by Gasteiger charge is -2.60. The second-order valence-electron chi connectivity index (χ2n) is 35.2. The summed E-state index contributed by atoms with van der Waals surface area (Å²) in [7, 11) is 3.06. The number of carbonyl (C=O) groups is 6. The molecule has 3 aromatic rings. The maximum atomic E-state index is 16.4. The zero-order chi connectivity index (χ0) is 89.4. The van der Waals surface area contributed by atoms with Crippen molar-refractivity contribution in [2.45, 2.75) is 353 Å². The zero-order valence-electron chi connectivity index (χ0n) is 70.3. The van der Waals surface area contributed by atoms with Crippen LogP contribution in [0.25, 0.3) is 16.3 Å². The lowest BCUT2D eigenvalue weighted by Crippen LogP contribution is -2.80. The summed E-state index contributed by atoms with van der Waals surface area (Å²) in [4.78, 5) is 89.6. The smallest absolute Gasteiger partial charge is 0.232 e. The molecule has 16 N–H and O–H groups in total. The molecule has 3 aromatic carbocycles. The van der Waals surface area contributed by atoms with E-state index in [4.69, 9.17) is 75.8 Å². The minimum absolute atomic E-state index is 0.0147. The van der Waals surface area contributed by atoms with Crippen LogP contribution < -0.4 is 9.47 Å². The molecule has 0 unspecified atom stereocenters. The van der Waals surface area contributed by atoms with Crippen LogP contribution in [0.2, 0.25) is 0 Å². The van der Waals surface area contributed by atoms with Crippen LogP contribution in [0.3, 0.4) is 0 Å². The van der Waals surface area contributed by atoms with E-state index in [0.717, 1.165) is 28.3 Å². The van der Waals surface area contributed by atoms with Gasteiger partial charge >= 0.3 is 0 Å². The minimum Gasteiger partial charge on any atom is -0.507 e. The first-order chi connectivity index (χ1) is 57.9. The van der Waals surface area contributed by atoms with E-state index in [2.05, 4.69) is 0 Å². The number of ketones is 6. The Morgan fingerprint density at radius 3 is 1.54 bits per heavy atom. The van der Waals surface area contributed by atoms with Gasteiger partial charge in [0.05, 0.1) is 151 Å². The Labute approximate surface area is 705 Å². The van der Waals surface area contributed by atoms with Gasteiger partial charge in [0.15, 0.2) is 83.4 Å². The van der Waals surface area contributed by atoms with Crippen LogP contribution in [-0.2, 0) is 82.3 Å². The minimum atomic E-state index is -3.22. The number of carbonyl (C=O) groups excluding carboxylic acids is 6. The van der Waals surface area contributed by atoms with Gasteiger partial charge in [0.25, 0.3) is 0 Å². The normalized spacial score (nSPS) is 43.5. The van der Waals surface area contributed by atoms with Crippen LogP contribution in [0.15, 0.2) is 11.8 Å². The van der Waals surface area contributed by atoms with E-state index in [1.165, 1.54) is 33.8 Å². The molecule has 9 fully saturated rings. The predicted octanol–water partition coefficient (Wildman–Crippen LogP) is 1.37. The van der Waals surface area contributed by atoms with Crippen LogP contribution >= 0.6 is 0 Å². The number of rotatable bonds is 22. The first-order valence-corrected chi connectivity index (χ1v) is 42.1. The highest BCUT2D eigenvalue weighted by Gasteiger charge is 2.82. The molecule has 680 valence electrons. The van der Waals surface area contributed by atoms with Gasteiger partial charge in [-0.1, -0.05) is 26.7 Å². The summed E-state index contributed by atoms with van der Waals surface area (Å²) in [5.41, 5.74) is -22.3. The van der Waals surface area contributed by atoms with Gasteiger partial charge in [-0.25, -0.2) is 0 Å². The fourth-order valence-electron chi connectivity index (χ4n) is 21.8. The molecule has 0 spiro atoms. The topological polar surface area (TPSA) is 574 Å². The van der Waals surface area contributed by atoms with Crippen LogP contribution in [0.4, 0.5) is 0 Å². The number of phenols is 4. The number of Topliss-reactive ketones (excluding diaryl/α,β-unsaturated/α-hetero) is 6. The van der Waals surface area contributed by atoms with E-state index in [-0.39, 0.29) is 75.2 Å². The molecule has 123 heavy (non-hydrogen) atoms. The SMILES string of the molecule is CCC[C@@]12O[C@H]3c4c(O)c5c(c(O)c4C(=O)[C@]1(O)[C@H]3[C@@H](O[C@@H]1C[C@@H](O)[C@@H](O)[C@H](C)O1)[C@@H](O)[C@H]2O[C@H]1CC[C@H](O[C@@H]2C[C@H](O)[C@](O)(C(C)=O)[C@@H](C)O2)[C@@H](C)O1)C(=O)C(c1c(OC)c(OC)c2cc3c(c(O)c2c1O)C(=O)[C@]1(O)[C@H](C3)[C@@H](O[C@H]2C[C@@H](O)[C@@H](O)[C@H](C)O2)[C@@H](O)[C@@H](O[C@H]2CC[C@H](O[C@@H]3CC[C@](O)(C(C)=O)[C@@H](C)O3)[C@@H](C)O2)[C@@]1(O)CCC)=C(OC)C5=O. The summed E-state index contributed by atoms with van der Waals surface area (Å²) in [6.07, 6.45) is -38.5. The van der Waals surface area contributed by atoms with Crippen molar-refractivity contribution in [3.63, 3.8) is 0 Å². The zero-order valence-corrected chi connectivity index (χ0v) is 70.3. The van der Waals surface area contributed by atoms with E-state index < -0.39 is 350 Å². The van der Waals surface area contributed by atoms with Gasteiger partial charge in [0.1, 0.15) is 76.4 Å². The van der Waals surface area contributed by atoms with Gasteiger partial charge in [-0.15, -0.1) is 0 Å². The van der Waals surface area contributed by atoms with Crippen molar-refractivity contribution in [1.29, 1.82) is 0 Å². The van der Waals surface area contributed by atoms with E-state index in [9.17, 15) is 91.3 Å². The summed E-state index contributed by atoms with van der Waals surface area (Å²) in [5, 5.41) is 196. The van der Waals surface area contributed by atoms with Crippen molar-refractivity contribution in [2.75, 3.05) is 21.3 Å². The Morgan fingerprint density at radius 1 is 0.496 bits per heavy atom. The maximum absolute atomic E-state index is 16.4. The lowest BCUT2D eigenvalue weighted by molar-refractivity contribution is -0.358. The molecule has 7 saturated heterocycles. The van der Waals surface area contributed by atoms with Crippen LogP contribution in [0, 0.1) is 11.8 Å². The van der Waals surface area contributed by atoms with E-state index >= 15 is 19.2 Å². The molecule has 5 aliphatic carbocycles. The van der Waals surface area contributed by atoms with Gasteiger partial charge in [0, 0.05) is 55.4 Å². The van der Waals surface area contributed by atoms with Crippen molar-refractivity contribution in [3.05, 3.63) is 50.8 Å². The number of aliphatic hydroxyl groups is 12. The standard InChI is InChI=1S/C85H112O38/c1-14-21-81(104)78(121-45-18-16-42(29(3)111-45)117-47-20-23-80(103,33(7)86)35(9)115-47)68(99)71(119-48-26-40(88)60(91)31(5)113-48)39-25-37-24-38-52(62(93)51(37)76(101)84(39,81)106)63(94)56(74(110-13)70(38)108-11)55-64(95)53-54(67(98)73(55)109-12)65(96)57-58(66(53)97)77(102)85(107)59-72(57)123-82(85,22-15-2)79(69(100)75(59)120-49-27-41(89)61(92)32(6)114-49)122-46-19-17-43(30(4)112-46)118-50-28-44(90)83(105,34(8)87)36(10)116-50/h24,29-32,35-36,39-50,59-61,68-69,71-72,75,78-79,88-94,96-97,99-100,103-107H,14-23,25-28H2,1-13H3/t29-,30-,31+,32+,35-,36-,39-,40-,41-,42+,43+,44+,45+,46+,47-,48+,49-,50-,59-,60+,61+,68-,69-,71-,72+,75-,78-,79-,80+,81+,82+,83+,84-,85-/m1/s1. The molecule has 4 bridgehead atoms. The molecular formula is C85H112O38. The number of hydrogen-bond donors (Lipinski definition) is 16. The molecular weight excluding hydrogens is 1630 g/mol. The van der Waals surface area contributed by atoms with Crippen molar-refractivity contribution in [2.24, 2.45) is 11.8 Å². The van der Waals surface area contributed by atoms with Crippen LogP contribution in [0.5, 0.6) is 34.5 Å². The Morgan fingerprint density at radius 2 is 1.01 bits per heavy atom. The summed E-state index contributed by atoms with van der Waals surface area (Å²) < 4.78 is 100. The maximum Gasteiger partial charge on any atom is 0.232 e. The molecule has 15 rings (SSSR count). The first kappa shape index (κ1) is 91.0. The number of hydrogen-bond acceptors (Lipinski definition) is 38. The summed E-state index contributed by atoms with van der Waals surface area (Å²) in [6.45, 7) is 14.7. The van der Waals surface area contributed by atoms with Crippen molar-refractivity contribution in [3.8, 4) is 34.5 Å². The number of aliphatic hydroxyl groups excluding tert-OH is 7. The number of fused-ring (bicyclic) bond motifs is 6. The molecule has 34 atom stereocenters. The third kappa shape index (κ3) is 13.7. The highest BCUT2D eigenvalue weighted by molar-refractivity contribution is 6.43. The fraction of sp³-hybridized carbons (Fsp3) is 0.718. The highest BCUT2D eigenvalue weighted by atomic mass is 16.8. The highest BCUT2D eigenvalue weighted by Crippen LogP contribution is 2.69. The summed E-state index contributed by atoms with van der Waals surface area (Å²) in [6, 6.07) is 1.24. The number of methoxy groups -OCH3 is 3. The molecule has 0 amide bonds. The number of aromatic hydroxyl groups is 4. The first-order valence-electron chi connectivity index (χ1n) is 42.1. The fourth-order valence-corrected chi connectivity index (χ4v) is 21.8. The summed E-state index contributed by atoms with van der Waals surface area (Å²) >= 11 is 0. The molecule has 12 aliphatic rings. The molecule has 7 aliphatic heterocycles. The van der Waals surface area contributed by atoms with Crippen molar-refractivity contribution >= 4 is 51.0 Å². The Hall–Kier alpha value is -6.72. The molecule has 2 saturated carbocycles. The summed E-state index contributed by atoms with van der Waals surface area (Å²) in [5.74, 6) is -17.7. The van der Waals surface area contributed by atoms with Crippen molar-refractivity contribution in [1.82, 2.24) is 0 Å². The predicted molar refractivity (Wildman–Crippen MR) is 413 cm³/mol. The third-order valence-corrected chi connectivity index (χ3v) is 28.3. The Kier molecular flexibility index (Phi) is 24.5. The second kappa shape index (κ2) is 33.1. The number of benzene rings is 3. The lowest BCUT2D eigenvalue weighted by atomic mass is 9.53. The Balaban J connectivity index is 0.797. The number of phenolic OH excluding ortho intramolecular Hbond substituents is 4.